The first-order valence-electron chi connectivity index (χ1n) is 6.59. The lowest BCUT2D eigenvalue weighted by atomic mass is 10.0. The van der Waals surface area contributed by atoms with Gasteiger partial charge in [0, 0.05) is 36.8 Å². The molecule has 1 fully saturated rings. The van der Waals surface area contributed by atoms with Gasteiger partial charge < -0.3 is 5.73 Å². The number of benzene rings is 1. The Morgan fingerprint density at radius 3 is 2.94 bits per heavy atom. The van der Waals surface area contributed by atoms with Gasteiger partial charge in [0.1, 0.15) is 0 Å². The van der Waals surface area contributed by atoms with Crippen LogP contribution >= 0.6 is 0 Å². The van der Waals surface area contributed by atoms with E-state index in [1.807, 2.05) is 12.3 Å². The molecule has 94 valence electrons. The van der Waals surface area contributed by atoms with Gasteiger partial charge in [-0.3, -0.25) is 9.88 Å². The average molecular weight is 241 g/mol. The molecule has 3 nitrogen and oxygen atoms in total. The molecular weight excluding hydrogens is 222 g/mol. The van der Waals surface area contributed by atoms with Gasteiger partial charge in [-0.15, -0.1) is 0 Å². The van der Waals surface area contributed by atoms with Crippen molar-refractivity contribution in [1.29, 1.82) is 0 Å². The highest BCUT2D eigenvalue weighted by molar-refractivity contribution is 5.82. The molecule has 0 aliphatic carbocycles. The zero-order valence-corrected chi connectivity index (χ0v) is 10.7. The van der Waals surface area contributed by atoms with E-state index in [1.165, 1.54) is 10.9 Å². The van der Waals surface area contributed by atoms with Crippen LogP contribution in [0.5, 0.6) is 0 Å². The molecule has 1 unspecified atom stereocenters. The van der Waals surface area contributed by atoms with E-state index >= 15 is 0 Å². The standard InChI is InChI=1S/C15H19N3/c1-11(18-9-7-12(16)10-18)13-6-8-17-15-5-3-2-4-14(13)15/h2-6,8,11-12H,7,9-10,16H2,1H3/t11?,12-/m0/s1. The lowest BCUT2D eigenvalue weighted by Gasteiger charge is -2.25. The Labute approximate surface area is 108 Å². The molecular formula is C15H19N3. The summed E-state index contributed by atoms with van der Waals surface area (Å²) in [6.45, 7) is 4.36. The second-order valence-electron chi connectivity index (χ2n) is 5.14. The number of likely N-dealkylation sites (tertiary alicyclic amines) is 1. The highest BCUT2D eigenvalue weighted by Crippen LogP contribution is 2.28. The molecule has 1 aliphatic heterocycles. The van der Waals surface area contributed by atoms with Gasteiger partial charge in [0.05, 0.1) is 5.52 Å². The van der Waals surface area contributed by atoms with Crippen molar-refractivity contribution < 1.29 is 0 Å². The molecule has 0 amide bonds. The molecule has 1 aliphatic rings. The number of rotatable bonds is 2. The number of hydrogen-bond acceptors (Lipinski definition) is 3. The second kappa shape index (κ2) is 4.67. The van der Waals surface area contributed by atoms with E-state index in [-0.39, 0.29) is 0 Å². The number of pyridine rings is 1. The second-order valence-corrected chi connectivity index (χ2v) is 5.14. The number of fused-ring (bicyclic) bond motifs is 1. The first-order chi connectivity index (χ1) is 8.75. The molecule has 2 heterocycles. The number of para-hydroxylation sites is 1. The van der Waals surface area contributed by atoms with Gasteiger partial charge in [-0.1, -0.05) is 18.2 Å². The Morgan fingerprint density at radius 1 is 1.33 bits per heavy atom. The van der Waals surface area contributed by atoms with Gasteiger partial charge in [-0.25, -0.2) is 0 Å². The van der Waals surface area contributed by atoms with Crippen molar-refractivity contribution >= 4 is 10.9 Å². The van der Waals surface area contributed by atoms with E-state index < -0.39 is 0 Å². The summed E-state index contributed by atoms with van der Waals surface area (Å²) in [5.41, 5.74) is 8.43. The molecule has 1 saturated heterocycles. The van der Waals surface area contributed by atoms with E-state index in [1.54, 1.807) is 0 Å². The van der Waals surface area contributed by atoms with Crippen LogP contribution in [0, 0.1) is 0 Å². The Hall–Kier alpha value is -1.45. The lowest BCUT2D eigenvalue weighted by Crippen LogP contribution is -2.28. The van der Waals surface area contributed by atoms with Crippen LogP contribution in [0.15, 0.2) is 36.5 Å². The van der Waals surface area contributed by atoms with Crippen molar-refractivity contribution in [2.45, 2.75) is 25.4 Å². The summed E-state index contributed by atoms with van der Waals surface area (Å²) in [4.78, 5) is 6.89. The zero-order valence-electron chi connectivity index (χ0n) is 10.7. The molecule has 0 spiro atoms. The minimum atomic E-state index is 0.334. The molecule has 0 saturated carbocycles. The third-order valence-electron chi connectivity index (χ3n) is 3.94. The normalized spacial score (nSPS) is 22.4. The van der Waals surface area contributed by atoms with Crippen LogP contribution in [0.4, 0.5) is 0 Å². The number of nitrogens with two attached hydrogens (primary N) is 1. The van der Waals surface area contributed by atoms with Gasteiger partial charge in [-0.2, -0.15) is 0 Å². The summed E-state index contributed by atoms with van der Waals surface area (Å²) in [7, 11) is 0. The largest absolute Gasteiger partial charge is 0.326 e. The van der Waals surface area contributed by atoms with Crippen LogP contribution in [0.3, 0.4) is 0 Å². The van der Waals surface area contributed by atoms with Crippen LogP contribution in [0.1, 0.15) is 24.9 Å². The first kappa shape index (κ1) is 11.6. The fourth-order valence-electron chi connectivity index (χ4n) is 2.85. The fraction of sp³-hybridized carbons (Fsp3) is 0.400. The molecule has 2 N–H and O–H groups in total. The van der Waals surface area contributed by atoms with Gasteiger partial charge in [0.25, 0.3) is 0 Å². The highest BCUT2D eigenvalue weighted by atomic mass is 15.2. The maximum atomic E-state index is 6.00. The van der Waals surface area contributed by atoms with Crippen LogP contribution in [0.2, 0.25) is 0 Å². The Kier molecular flexibility index (Phi) is 3.02. The number of nitrogens with zero attached hydrogens (tertiary/aromatic N) is 2. The topological polar surface area (TPSA) is 42.2 Å². The van der Waals surface area contributed by atoms with Gasteiger partial charge in [-0.05, 0) is 31.0 Å². The molecule has 18 heavy (non-hydrogen) atoms. The Bertz CT molecular complexity index is 547. The first-order valence-corrected chi connectivity index (χ1v) is 6.59. The molecule has 3 heteroatoms. The summed E-state index contributed by atoms with van der Waals surface area (Å²) < 4.78 is 0. The van der Waals surface area contributed by atoms with E-state index in [0.29, 0.717) is 12.1 Å². The third-order valence-corrected chi connectivity index (χ3v) is 3.94. The van der Waals surface area contributed by atoms with Crippen molar-refractivity contribution in [2.24, 2.45) is 5.73 Å². The summed E-state index contributed by atoms with van der Waals surface area (Å²) in [5, 5.41) is 1.26. The smallest absolute Gasteiger partial charge is 0.0705 e. The van der Waals surface area contributed by atoms with E-state index in [2.05, 4.69) is 41.1 Å². The summed E-state index contributed by atoms with van der Waals surface area (Å²) >= 11 is 0. The van der Waals surface area contributed by atoms with Crippen LogP contribution in [-0.2, 0) is 0 Å². The van der Waals surface area contributed by atoms with E-state index in [4.69, 9.17) is 5.73 Å². The van der Waals surface area contributed by atoms with Crippen LogP contribution in [0.25, 0.3) is 10.9 Å². The highest BCUT2D eigenvalue weighted by Gasteiger charge is 2.25. The molecule has 2 aromatic rings. The van der Waals surface area contributed by atoms with Crippen LogP contribution in [-0.4, -0.2) is 29.0 Å². The van der Waals surface area contributed by atoms with Gasteiger partial charge in [0.2, 0.25) is 0 Å². The number of hydrogen-bond donors (Lipinski definition) is 1. The van der Waals surface area contributed by atoms with Gasteiger partial charge >= 0.3 is 0 Å². The maximum absolute atomic E-state index is 6.00. The van der Waals surface area contributed by atoms with Crippen LogP contribution < -0.4 is 5.73 Å². The quantitative estimate of drug-likeness (QED) is 0.877. The van der Waals surface area contributed by atoms with E-state index in [9.17, 15) is 0 Å². The molecule has 2 atom stereocenters. The minimum absolute atomic E-state index is 0.334. The molecule has 0 radical (unpaired) electrons. The molecule has 0 bridgehead atoms. The maximum Gasteiger partial charge on any atom is 0.0705 e. The predicted octanol–water partition coefficient (Wildman–Crippen LogP) is 2.33. The molecule has 3 rings (SSSR count). The van der Waals surface area contributed by atoms with Crippen molar-refractivity contribution in [3.8, 4) is 0 Å². The van der Waals surface area contributed by atoms with Crippen molar-refractivity contribution in [3.05, 3.63) is 42.1 Å². The van der Waals surface area contributed by atoms with Crippen molar-refractivity contribution in [2.75, 3.05) is 13.1 Å². The SMILES string of the molecule is CC(c1ccnc2ccccc12)N1CC[C@H](N)C1. The third kappa shape index (κ3) is 2.00. The monoisotopic (exact) mass is 241 g/mol. The summed E-state index contributed by atoms with van der Waals surface area (Å²) in [6.07, 6.45) is 3.01. The van der Waals surface area contributed by atoms with E-state index in [0.717, 1.165) is 25.0 Å². The van der Waals surface area contributed by atoms with Gasteiger partial charge in [0.15, 0.2) is 0 Å². The van der Waals surface area contributed by atoms with Crippen molar-refractivity contribution in [3.63, 3.8) is 0 Å². The molecule has 1 aromatic carbocycles. The lowest BCUT2D eigenvalue weighted by molar-refractivity contribution is 0.261. The Balaban J connectivity index is 1.98. The Morgan fingerprint density at radius 2 is 2.17 bits per heavy atom. The average Bonchev–Trinajstić information content (AvgIpc) is 2.84. The number of aromatic nitrogens is 1. The zero-order chi connectivity index (χ0) is 12.5. The fourth-order valence-corrected chi connectivity index (χ4v) is 2.85. The summed E-state index contributed by atoms with van der Waals surface area (Å²) in [6, 6.07) is 11.2. The minimum Gasteiger partial charge on any atom is -0.326 e. The molecule has 1 aromatic heterocycles. The van der Waals surface area contributed by atoms with Crippen molar-refractivity contribution in [1.82, 2.24) is 9.88 Å². The predicted molar refractivity (Wildman–Crippen MR) is 74.3 cm³/mol. The summed E-state index contributed by atoms with van der Waals surface area (Å²) in [5.74, 6) is 0.